The minimum Gasteiger partial charge on any atom is -0.488 e. The Kier molecular flexibility index (Phi) is 7.55. The molecule has 0 fully saturated rings. The van der Waals surface area contributed by atoms with Crippen molar-refractivity contribution in [3.63, 3.8) is 0 Å². The number of nitrogens with one attached hydrogen (secondary N) is 3. The van der Waals surface area contributed by atoms with Gasteiger partial charge in [-0.3, -0.25) is 0 Å². The number of benzene rings is 2. The van der Waals surface area contributed by atoms with Gasteiger partial charge >= 0.3 is 0 Å². The van der Waals surface area contributed by atoms with Gasteiger partial charge in [-0.1, -0.05) is 25.4 Å². The highest BCUT2D eigenvalue weighted by Gasteiger charge is 2.18. The second kappa shape index (κ2) is 10.2. The molecule has 2 aromatic carbocycles. The van der Waals surface area contributed by atoms with Gasteiger partial charge in [0.25, 0.3) is 0 Å². The van der Waals surface area contributed by atoms with Crippen LogP contribution in [0.25, 0.3) is 0 Å². The Labute approximate surface area is 193 Å². The molecular weight excluding hydrogens is 450 g/mol. The molecule has 10 heteroatoms. The van der Waals surface area contributed by atoms with Crippen molar-refractivity contribution in [3.8, 4) is 5.75 Å². The molecule has 0 bridgehead atoms. The number of anilines is 4. The molecule has 1 unspecified atom stereocenters. The van der Waals surface area contributed by atoms with Crippen molar-refractivity contribution in [1.82, 2.24) is 14.7 Å². The molecule has 0 radical (unpaired) electrons. The van der Waals surface area contributed by atoms with E-state index in [9.17, 15) is 8.42 Å². The summed E-state index contributed by atoms with van der Waals surface area (Å²) in [5.74, 6) is 1.82. The Morgan fingerprint density at radius 2 is 1.59 bits per heavy atom. The third-order valence-corrected chi connectivity index (χ3v) is 6.49. The monoisotopic (exact) mass is 475 g/mol. The average molecular weight is 476 g/mol. The molecule has 1 atom stereocenters. The van der Waals surface area contributed by atoms with Crippen molar-refractivity contribution in [3.05, 3.63) is 59.9 Å². The number of aromatic nitrogens is 2. The molecule has 3 rings (SSSR count). The van der Waals surface area contributed by atoms with E-state index in [-0.39, 0.29) is 16.9 Å². The van der Waals surface area contributed by atoms with Crippen LogP contribution in [0.5, 0.6) is 5.75 Å². The summed E-state index contributed by atoms with van der Waals surface area (Å²) in [6.07, 6.45) is 1.33. The molecule has 0 saturated heterocycles. The van der Waals surface area contributed by atoms with E-state index in [2.05, 4.69) is 39.2 Å². The van der Waals surface area contributed by atoms with E-state index in [0.29, 0.717) is 28.1 Å². The molecule has 32 heavy (non-hydrogen) atoms. The van der Waals surface area contributed by atoms with E-state index in [1.807, 2.05) is 19.1 Å². The van der Waals surface area contributed by atoms with E-state index in [1.165, 1.54) is 25.5 Å². The first kappa shape index (κ1) is 23.8. The number of sulfonamides is 1. The second-order valence-electron chi connectivity index (χ2n) is 7.48. The third kappa shape index (κ3) is 6.09. The zero-order valence-corrected chi connectivity index (χ0v) is 19.8. The van der Waals surface area contributed by atoms with E-state index in [0.717, 1.165) is 5.69 Å². The van der Waals surface area contributed by atoms with Crippen molar-refractivity contribution in [2.75, 3.05) is 17.7 Å². The predicted octanol–water partition coefficient (Wildman–Crippen LogP) is 4.95. The standard InChI is InChI=1S/C22H26ClN5O3S/c1-14(2)15(3)31-20-10-9-18(32(29,30)24-4)11-19(20)28-22-12-21(25-13-26-22)27-17-7-5-16(23)6-8-17/h5-15,24H,1-4H3,(H2,25,26,27,28). The first-order chi connectivity index (χ1) is 15.2. The number of halogens is 1. The molecular formula is C22H26ClN5O3S. The summed E-state index contributed by atoms with van der Waals surface area (Å²) < 4.78 is 33.0. The van der Waals surface area contributed by atoms with Crippen molar-refractivity contribution < 1.29 is 13.2 Å². The van der Waals surface area contributed by atoms with Gasteiger partial charge in [0.1, 0.15) is 23.7 Å². The van der Waals surface area contributed by atoms with Crippen molar-refractivity contribution in [2.45, 2.75) is 31.8 Å². The molecule has 0 spiro atoms. The maximum absolute atomic E-state index is 12.3. The minimum absolute atomic E-state index is 0.0742. The molecule has 0 aliphatic heterocycles. The summed E-state index contributed by atoms with van der Waals surface area (Å²) in [4.78, 5) is 8.60. The lowest BCUT2D eigenvalue weighted by Gasteiger charge is -2.21. The van der Waals surface area contributed by atoms with E-state index in [1.54, 1.807) is 24.3 Å². The summed E-state index contributed by atoms with van der Waals surface area (Å²) in [6, 6.07) is 13.6. The van der Waals surface area contributed by atoms with Crippen LogP contribution in [0, 0.1) is 5.92 Å². The van der Waals surface area contributed by atoms with Gasteiger partial charge in [0.2, 0.25) is 10.0 Å². The fourth-order valence-corrected chi connectivity index (χ4v) is 3.53. The fourth-order valence-electron chi connectivity index (χ4n) is 2.64. The Morgan fingerprint density at radius 1 is 0.938 bits per heavy atom. The summed E-state index contributed by atoms with van der Waals surface area (Å²) >= 11 is 5.93. The van der Waals surface area contributed by atoms with Gasteiger partial charge in [0, 0.05) is 16.8 Å². The van der Waals surface area contributed by atoms with Crippen LogP contribution < -0.4 is 20.1 Å². The molecule has 8 nitrogen and oxygen atoms in total. The highest BCUT2D eigenvalue weighted by molar-refractivity contribution is 7.89. The normalized spacial score (nSPS) is 12.4. The van der Waals surface area contributed by atoms with E-state index in [4.69, 9.17) is 16.3 Å². The number of nitrogens with zero attached hydrogens (tertiary/aromatic N) is 2. The third-order valence-electron chi connectivity index (χ3n) is 4.83. The topological polar surface area (TPSA) is 105 Å². The molecule has 1 aromatic heterocycles. The molecule has 0 amide bonds. The maximum Gasteiger partial charge on any atom is 0.240 e. The van der Waals surface area contributed by atoms with Crippen LogP contribution in [-0.4, -0.2) is 31.5 Å². The van der Waals surface area contributed by atoms with Gasteiger partial charge in [-0.25, -0.2) is 23.1 Å². The minimum atomic E-state index is -3.63. The summed E-state index contributed by atoms with van der Waals surface area (Å²) in [7, 11) is -2.26. The lowest BCUT2D eigenvalue weighted by molar-refractivity contribution is 0.171. The summed E-state index contributed by atoms with van der Waals surface area (Å²) in [5, 5.41) is 6.98. The average Bonchev–Trinajstić information content (AvgIpc) is 2.76. The Morgan fingerprint density at radius 3 is 2.22 bits per heavy atom. The fraction of sp³-hybridized carbons (Fsp3) is 0.273. The van der Waals surface area contributed by atoms with Crippen LogP contribution in [0.1, 0.15) is 20.8 Å². The van der Waals surface area contributed by atoms with Crippen LogP contribution in [0.4, 0.5) is 23.0 Å². The summed E-state index contributed by atoms with van der Waals surface area (Å²) in [5.41, 5.74) is 1.29. The Bertz CT molecular complexity index is 1170. The van der Waals surface area contributed by atoms with Gasteiger partial charge in [-0.15, -0.1) is 0 Å². The first-order valence-electron chi connectivity index (χ1n) is 10.0. The first-order valence-corrected chi connectivity index (χ1v) is 11.9. The molecule has 3 aromatic rings. The number of hydrogen-bond acceptors (Lipinski definition) is 7. The predicted molar refractivity (Wildman–Crippen MR) is 128 cm³/mol. The van der Waals surface area contributed by atoms with Gasteiger partial charge < -0.3 is 15.4 Å². The van der Waals surface area contributed by atoms with Crippen molar-refractivity contribution in [1.29, 1.82) is 0 Å². The smallest absolute Gasteiger partial charge is 0.240 e. The number of hydrogen-bond donors (Lipinski definition) is 3. The quantitative estimate of drug-likeness (QED) is 0.402. The Hall–Kier alpha value is -2.88. The van der Waals surface area contributed by atoms with Gasteiger partial charge in [-0.2, -0.15) is 0 Å². The lowest BCUT2D eigenvalue weighted by Crippen LogP contribution is -2.20. The molecule has 0 saturated carbocycles. The molecule has 1 heterocycles. The largest absolute Gasteiger partial charge is 0.488 e. The summed E-state index contributed by atoms with van der Waals surface area (Å²) in [6.45, 7) is 6.07. The molecule has 0 aliphatic carbocycles. The maximum atomic E-state index is 12.3. The van der Waals surface area contributed by atoms with Crippen molar-refractivity contribution in [2.24, 2.45) is 5.92 Å². The van der Waals surface area contributed by atoms with Crippen LogP contribution >= 0.6 is 11.6 Å². The van der Waals surface area contributed by atoms with Gasteiger partial charge in [-0.05, 0) is 62.4 Å². The van der Waals surface area contributed by atoms with E-state index < -0.39 is 10.0 Å². The molecule has 0 aliphatic rings. The molecule has 3 N–H and O–H groups in total. The van der Waals surface area contributed by atoms with Crippen LogP contribution in [0.2, 0.25) is 5.02 Å². The number of ether oxygens (including phenoxy) is 1. The SMILES string of the molecule is CNS(=O)(=O)c1ccc(OC(C)C(C)C)c(Nc2cc(Nc3ccc(Cl)cc3)ncn2)c1. The highest BCUT2D eigenvalue weighted by Crippen LogP contribution is 2.32. The van der Waals surface area contributed by atoms with E-state index >= 15 is 0 Å². The van der Waals surface area contributed by atoms with Gasteiger partial charge in [0.05, 0.1) is 16.7 Å². The Balaban J connectivity index is 1.91. The number of rotatable bonds is 9. The highest BCUT2D eigenvalue weighted by atomic mass is 35.5. The molecule has 170 valence electrons. The zero-order chi connectivity index (χ0) is 23.3. The van der Waals surface area contributed by atoms with Gasteiger partial charge in [0.15, 0.2) is 0 Å². The van der Waals surface area contributed by atoms with Crippen LogP contribution in [0.15, 0.2) is 59.8 Å². The lowest BCUT2D eigenvalue weighted by atomic mass is 10.1. The van der Waals surface area contributed by atoms with Crippen molar-refractivity contribution >= 4 is 44.6 Å². The zero-order valence-electron chi connectivity index (χ0n) is 18.3. The second-order valence-corrected chi connectivity index (χ2v) is 9.80. The van der Waals surface area contributed by atoms with Crippen LogP contribution in [0.3, 0.4) is 0 Å². The van der Waals surface area contributed by atoms with Crippen LogP contribution in [-0.2, 0) is 10.0 Å².